The van der Waals surface area contributed by atoms with E-state index in [-0.39, 0.29) is 5.82 Å². The van der Waals surface area contributed by atoms with E-state index in [1.807, 2.05) is 29.8 Å². The Hall–Kier alpha value is -2.25. The molecule has 0 radical (unpaired) electrons. The van der Waals surface area contributed by atoms with E-state index in [1.165, 1.54) is 16.8 Å². The Morgan fingerprint density at radius 2 is 1.88 bits per heavy atom. The van der Waals surface area contributed by atoms with Gasteiger partial charge in [-0.25, -0.2) is 9.37 Å². The molecule has 0 atom stereocenters. The maximum absolute atomic E-state index is 13.1. The van der Waals surface area contributed by atoms with E-state index in [0.29, 0.717) is 0 Å². The summed E-state index contributed by atoms with van der Waals surface area (Å²) >= 11 is 3.29. The molecule has 120 valence electrons. The fraction of sp³-hybridized carbons (Fsp3) is 0.118. The topological polar surface area (TPSA) is 43.6 Å². The normalized spacial score (nSPS) is 11.2. The van der Waals surface area contributed by atoms with Gasteiger partial charge in [-0.2, -0.15) is 0 Å². The van der Waals surface area contributed by atoms with Crippen molar-refractivity contribution in [1.82, 2.24) is 19.7 Å². The van der Waals surface area contributed by atoms with Gasteiger partial charge in [-0.1, -0.05) is 23.9 Å². The number of aromatic nitrogens is 4. The first-order chi connectivity index (χ1) is 11.7. The Morgan fingerprint density at radius 3 is 2.67 bits per heavy atom. The highest BCUT2D eigenvalue weighted by molar-refractivity contribution is 7.98. The van der Waals surface area contributed by atoms with E-state index < -0.39 is 0 Å². The highest BCUT2D eigenvalue weighted by Gasteiger charge is 2.12. The van der Waals surface area contributed by atoms with Gasteiger partial charge in [0.2, 0.25) is 0 Å². The van der Waals surface area contributed by atoms with Crippen LogP contribution in [-0.2, 0) is 12.8 Å². The Kier molecular flexibility index (Phi) is 4.03. The van der Waals surface area contributed by atoms with Gasteiger partial charge in [-0.3, -0.25) is 0 Å². The van der Waals surface area contributed by atoms with Crippen LogP contribution in [0.15, 0.2) is 53.7 Å². The van der Waals surface area contributed by atoms with Gasteiger partial charge in [0.25, 0.3) is 0 Å². The monoisotopic (exact) mass is 356 g/mol. The zero-order valence-electron chi connectivity index (χ0n) is 12.8. The summed E-state index contributed by atoms with van der Waals surface area (Å²) in [5.41, 5.74) is 1.88. The van der Waals surface area contributed by atoms with E-state index in [1.54, 1.807) is 35.2 Å². The number of hydrogen-bond acceptors (Lipinski definition) is 5. The van der Waals surface area contributed by atoms with Gasteiger partial charge < -0.3 is 4.57 Å². The second kappa shape index (κ2) is 6.33. The van der Waals surface area contributed by atoms with Crippen LogP contribution in [0.4, 0.5) is 4.39 Å². The number of para-hydroxylation sites is 1. The average Bonchev–Trinajstić information content (AvgIpc) is 3.17. The molecule has 2 aromatic carbocycles. The molecule has 0 N–H and O–H groups in total. The van der Waals surface area contributed by atoms with Crippen molar-refractivity contribution in [1.29, 1.82) is 0 Å². The van der Waals surface area contributed by atoms with Gasteiger partial charge in [0, 0.05) is 12.6 Å². The zero-order valence-corrected chi connectivity index (χ0v) is 14.4. The summed E-state index contributed by atoms with van der Waals surface area (Å²) in [4.78, 5) is 4.63. The number of halogens is 1. The van der Waals surface area contributed by atoms with Gasteiger partial charge in [0.1, 0.15) is 10.8 Å². The highest BCUT2D eigenvalue weighted by Crippen LogP contribution is 2.29. The molecule has 4 nitrogen and oxygen atoms in total. The summed E-state index contributed by atoms with van der Waals surface area (Å²) in [7, 11) is 1.92. The van der Waals surface area contributed by atoms with Gasteiger partial charge in [0.05, 0.1) is 16.0 Å². The van der Waals surface area contributed by atoms with Crippen molar-refractivity contribution in [2.45, 2.75) is 10.9 Å². The van der Waals surface area contributed by atoms with Gasteiger partial charge >= 0.3 is 0 Å². The molecule has 0 amide bonds. The molecular weight excluding hydrogens is 343 g/mol. The van der Waals surface area contributed by atoms with Gasteiger partial charge in [-0.05, 0) is 36.4 Å². The van der Waals surface area contributed by atoms with Crippen molar-refractivity contribution < 1.29 is 4.39 Å². The van der Waals surface area contributed by atoms with Crippen molar-refractivity contribution in [2.75, 3.05) is 0 Å². The first-order valence-corrected chi connectivity index (χ1v) is 9.13. The van der Waals surface area contributed by atoms with E-state index >= 15 is 0 Å². The van der Waals surface area contributed by atoms with Crippen LogP contribution in [0.3, 0.4) is 0 Å². The minimum absolute atomic E-state index is 0.258. The molecule has 0 unspecified atom stereocenters. The lowest BCUT2D eigenvalue weighted by Gasteiger charge is -2.03. The van der Waals surface area contributed by atoms with Crippen LogP contribution in [0.2, 0.25) is 0 Å². The van der Waals surface area contributed by atoms with E-state index in [0.717, 1.165) is 32.8 Å². The summed E-state index contributed by atoms with van der Waals surface area (Å²) in [6.07, 6.45) is 0. The number of benzene rings is 2. The smallest absolute Gasteiger partial charge is 0.191 e. The molecule has 0 fully saturated rings. The van der Waals surface area contributed by atoms with Crippen LogP contribution >= 0.6 is 23.1 Å². The van der Waals surface area contributed by atoms with Crippen LogP contribution in [-0.4, -0.2) is 19.7 Å². The molecule has 0 saturated carbocycles. The molecule has 0 aliphatic heterocycles. The summed E-state index contributed by atoms with van der Waals surface area (Å²) in [6, 6.07) is 14.4. The molecule has 4 aromatic rings. The van der Waals surface area contributed by atoms with Crippen molar-refractivity contribution in [2.24, 2.45) is 7.05 Å². The third-order valence-corrected chi connectivity index (χ3v) is 5.85. The molecule has 0 bridgehead atoms. The fourth-order valence-electron chi connectivity index (χ4n) is 2.40. The second-order valence-electron chi connectivity index (χ2n) is 5.24. The predicted molar refractivity (Wildman–Crippen MR) is 95.6 cm³/mol. The molecule has 4 rings (SSSR count). The maximum Gasteiger partial charge on any atom is 0.191 e. The molecular formula is C17H13FN4S2. The van der Waals surface area contributed by atoms with Crippen LogP contribution in [0.25, 0.3) is 21.6 Å². The van der Waals surface area contributed by atoms with Crippen molar-refractivity contribution in [3.63, 3.8) is 0 Å². The SMILES string of the molecule is Cn1c(SCc2nc3ccccc3s2)nnc1-c1ccc(F)cc1. The lowest BCUT2D eigenvalue weighted by molar-refractivity contribution is 0.628. The molecule has 0 saturated heterocycles. The number of hydrogen-bond donors (Lipinski definition) is 0. The fourth-order valence-corrected chi connectivity index (χ4v) is 4.27. The standard InChI is InChI=1S/C17H13FN4S2/c1-22-16(11-6-8-12(18)9-7-11)20-21-17(22)23-10-15-19-13-4-2-3-5-14(13)24-15/h2-9H,10H2,1H3. The summed E-state index contributed by atoms with van der Waals surface area (Å²) < 4.78 is 16.2. The Bertz CT molecular complexity index is 958. The third kappa shape index (κ3) is 2.92. The lowest BCUT2D eigenvalue weighted by Crippen LogP contribution is -1.95. The van der Waals surface area contributed by atoms with Crippen molar-refractivity contribution in [3.8, 4) is 11.4 Å². The van der Waals surface area contributed by atoms with Crippen molar-refractivity contribution in [3.05, 3.63) is 59.4 Å². The minimum atomic E-state index is -0.258. The number of nitrogens with zero attached hydrogens (tertiary/aromatic N) is 4. The molecule has 0 aliphatic rings. The van der Waals surface area contributed by atoms with Gasteiger partial charge in [-0.15, -0.1) is 21.5 Å². The van der Waals surface area contributed by atoms with E-state index in [9.17, 15) is 4.39 Å². The maximum atomic E-state index is 13.1. The van der Waals surface area contributed by atoms with E-state index in [4.69, 9.17) is 0 Å². The number of rotatable bonds is 4. The highest BCUT2D eigenvalue weighted by atomic mass is 32.2. The molecule has 24 heavy (non-hydrogen) atoms. The van der Waals surface area contributed by atoms with Crippen molar-refractivity contribution >= 4 is 33.3 Å². The Balaban J connectivity index is 1.54. The van der Waals surface area contributed by atoms with E-state index in [2.05, 4.69) is 21.2 Å². The van der Waals surface area contributed by atoms with Crippen LogP contribution in [0.1, 0.15) is 5.01 Å². The van der Waals surface area contributed by atoms with Crippen LogP contribution in [0.5, 0.6) is 0 Å². The first kappa shape index (κ1) is 15.3. The minimum Gasteiger partial charge on any atom is -0.305 e. The van der Waals surface area contributed by atoms with Crippen LogP contribution in [0, 0.1) is 5.82 Å². The lowest BCUT2D eigenvalue weighted by atomic mass is 10.2. The predicted octanol–water partition coefficient (Wildman–Crippen LogP) is 4.52. The van der Waals surface area contributed by atoms with Crippen LogP contribution < -0.4 is 0 Å². The second-order valence-corrected chi connectivity index (χ2v) is 7.29. The average molecular weight is 356 g/mol. The molecule has 2 aromatic heterocycles. The van der Waals surface area contributed by atoms with Gasteiger partial charge in [0.15, 0.2) is 11.0 Å². The number of thiazole rings is 1. The quantitative estimate of drug-likeness (QED) is 0.504. The number of thioether (sulfide) groups is 1. The molecule has 2 heterocycles. The Morgan fingerprint density at radius 1 is 1.08 bits per heavy atom. The first-order valence-electron chi connectivity index (χ1n) is 7.33. The Labute approximate surface area is 146 Å². The molecule has 0 spiro atoms. The molecule has 0 aliphatic carbocycles. The number of fused-ring (bicyclic) bond motifs is 1. The largest absolute Gasteiger partial charge is 0.305 e. The zero-order chi connectivity index (χ0) is 16.5. The summed E-state index contributed by atoms with van der Waals surface area (Å²) in [5.74, 6) is 1.21. The third-order valence-electron chi connectivity index (χ3n) is 3.60. The molecule has 7 heteroatoms. The summed E-state index contributed by atoms with van der Waals surface area (Å²) in [5, 5.41) is 10.3. The summed E-state index contributed by atoms with van der Waals surface area (Å²) in [6.45, 7) is 0.